The maximum Gasteiger partial charge on any atom is 0.500 e. The van der Waals surface area contributed by atoms with E-state index >= 15 is 0 Å². The standard InChI is InChI=1S/C9H23NO3Si.C6H19NSi2/c1-4-11-14(12-5-2,13-6-3)9-7-8-10;1-7(8(2)3)9(4,5)6/h4-10H2,1-3H3;8H,1-6H3. The Bertz CT molecular complexity index is 260. The first kappa shape index (κ1) is 25.7. The highest BCUT2D eigenvalue weighted by molar-refractivity contribution is 6.82. The summed E-state index contributed by atoms with van der Waals surface area (Å²) in [6, 6.07) is 0.818. The summed E-state index contributed by atoms with van der Waals surface area (Å²) >= 11 is 0. The highest BCUT2D eigenvalue weighted by atomic mass is 28.4. The van der Waals surface area contributed by atoms with Crippen LogP contribution in [0.15, 0.2) is 0 Å². The fourth-order valence-corrected chi connectivity index (χ4v) is 10.9. The van der Waals surface area contributed by atoms with Gasteiger partial charge in [0.05, 0.1) is 8.96 Å². The van der Waals surface area contributed by atoms with E-state index in [4.69, 9.17) is 19.0 Å². The molecule has 0 rings (SSSR count). The van der Waals surface area contributed by atoms with E-state index in [-0.39, 0.29) is 0 Å². The normalized spacial score (nSPS) is 12.5. The largest absolute Gasteiger partial charge is 0.500 e. The zero-order chi connectivity index (χ0) is 18.5. The molecule has 0 aliphatic carbocycles. The van der Waals surface area contributed by atoms with Crippen molar-refractivity contribution in [1.29, 1.82) is 0 Å². The second-order valence-electron chi connectivity index (χ2n) is 6.75. The van der Waals surface area contributed by atoms with E-state index in [1.54, 1.807) is 0 Å². The molecule has 0 aliphatic rings. The van der Waals surface area contributed by atoms with Gasteiger partial charge in [0.2, 0.25) is 0 Å². The van der Waals surface area contributed by atoms with Gasteiger partial charge in [0.25, 0.3) is 0 Å². The molecule has 0 saturated carbocycles. The van der Waals surface area contributed by atoms with E-state index in [0.29, 0.717) is 26.4 Å². The molecule has 0 aromatic heterocycles. The molecule has 0 spiro atoms. The number of rotatable bonds is 11. The number of nitrogens with zero attached hydrogens (tertiary/aromatic N) is 1. The Morgan fingerprint density at radius 2 is 1.30 bits per heavy atom. The van der Waals surface area contributed by atoms with E-state index in [9.17, 15) is 0 Å². The van der Waals surface area contributed by atoms with Gasteiger partial charge in [-0.3, -0.25) is 0 Å². The minimum absolute atomic E-state index is 0.495. The van der Waals surface area contributed by atoms with Crippen LogP contribution in [0.2, 0.25) is 38.8 Å². The summed E-state index contributed by atoms with van der Waals surface area (Å²) in [7, 11) is -1.54. The zero-order valence-electron chi connectivity index (χ0n) is 17.1. The van der Waals surface area contributed by atoms with E-state index in [0.717, 1.165) is 12.5 Å². The van der Waals surface area contributed by atoms with Gasteiger partial charge < -0.3 is 23.2 Å². The Labute approximate surface area is 149 Å². The van der Waals surface area contributed by atoms with Gasteiger partial charge in [-0.15, -0.1) is 0 Å². The van der Waals surface area contributed by atoms with Crippen LogP contribution in [0.25, 0.3) is 0 Å². The van der Waals surface area contributed by atoms with Crippen LogP contribution < -0.4 is 5.73 Å². The summed E-state index contributed by atoms with van der Waals surface area (Å²) in [5.74, 6) is 0. The molecule has 0 aromatic rings. The minimum atomic E-state index is -2.40. The lowest BCUT2D eigenvalue weighted by Gasteiger charge is -2.33. The van der Waals surface area contributed by atoms with Crippen LogP contribution in [0, 0.1) is 0 Å². The summed E-state index contributed by atoms with van der Waals surface area (Å²) in [4.78, 5) is 0. The van der Waals surface area contributed by atoms with Crippen molar-refractivity contribution in [1.82, 2.24) is 4.23 Å². The maximum absolute atomic E-state index is 5.65. The predicted octanol–water partition coefficient (Wildman–Crippen LogP) is 3.12. The molecule has 0 saturated heterocycles. The van der Waals surface area contributed by atoms with Crippen LogP contribution in [0.3, 0.4) is 0 Å². The topological polar surface area (TPSA) is 57.0 Å². The molecular formula is C15H42N2O3Si3. The van der Waals surface area contributed by atoms with Crippen molar-refractivity contribution in [3.63, 3.8) is 0 Å². The Morgan fingerprint density at radius 1 is 0.913 bits per heavy atom. The molecule has 0 radical (unpaired) electrons. The second kappa shape index (κ2) is 13.7. The van der Waals surface area contributed by atoms with Crippen molar-refractivity contribution < 1.29 is 13.3 Å². The number of hydrogen-bond donors (Lipinski definition) is 1. The number of nitrogens with two attached hydrogens (primary N) is 1. The molecule has 0 aromatic carbocycles. The molecule has 142 valence electrons. The lowest BCUT2D eigenvalue weighted by Crippen LogP contribution is -2.49. The fourth-order valence-electron chi connectivity index (χ4n) is 2.09. The molecule has 8 heteroatoms. The average molecular weight is 383 g/mol. The van der Waals surface area contributed by atoms with E-state index < -0.39 is 26.0 Å². The third kappa shape index (κ3) is 12.5. The molecule has 5 nitrogen and oxygen atoms in total. The van der Waals surface area contributed by atoms with Gasteiger partial charge in [-0.1, -0.05) is 32.7 Å². The van der Waals surface area contributed by atoms with Crippen LogP contribution in [-0.2, 0) is 13.3 Å². The smallest absolute Gasteiger partial charge is 0.374 e. The minimum Gasteiger partial charge on any atom is -0.374 e. The molecule has 0 bridgehead atoms. The molecule has 0 atom stereocenters. The SMILES string of the molecule is CCO[Si](CCCN)(OCC)OCC.CN([SiH](C)C)[Si](C)(C)C. The molecule has 0 aliphatic heterocycles. The van der Waals surface area contributed by atoms with Gasteiger partial charge in [0.1, 0.15) is 8.24 Å². The summed E-state index contributed by atoms with van der Waals surface area (Å²) < 4.78 is 19.6. The fraction of sp³-hybridized carbons (Fsp3) is 1.00. The average Bonchev–Trinajstić information content (AvgIpc) is 2.45. The van der Waals surface area contributed by atoms with Crippen LogP contribution >= 0.6 is 0 Å². The van der Waals surface area contributed by atoms with Crippen molar-refractivity contribution >= 4 is 26.0 Å². The number of hydrogen-bond acceptors (Lipinski definition) is 5. The zero-order valence-corrected chi connectivity index (χ0v) is 20.2. The molecule has 2 N–H and O–H groups in total. The molecular weight excluding hydrogens is 340 g/mol. The predicted molar refractivity (Wildman–Crippen MR) is 109 cm³/mol. The lowest BCUT2D eigenvalue weighted by molar-refractivity contribution is 0.0710. The first-order chi connectivity index (χ1) is 10.6. The summed E-state index contributed by atoms with van der Waals surface area (Å²) in [5.41, 5.74) is 5.48. The summed E-state index contributed by atoms with van der Waals surface area (Å²) in [5, 5.41) is 0. The highest BCUT2D eigenvalue weighted by Crippen LogP contribution is 2.17. The highest BCUT2D eigenvalue weighted by Gasteiger charge is 2.39. The van der Waals surface area contributed by atoms with Gasteiger partial charge >= 0.3 is 8.80 Å². The molecule has 0 heterocycles. The first-order valence-corrected chi connectivity index (χ1v) is 17.2. The summed E-state index contributed by atoms with van der Waals surface area (Å²) in [6.45, 7) is 20.4. The van der Waals surface area contributed by atoms with Crippen LogP contribution in [0.1, 0.15) is 27.2 Å². The first-order valence-electron chi connectivity index (χ1n) is 8.95. The van der Waals surface area contributed by atoms with Crippen molar-refractivity contribution in [2.45, 2.75) is 66.0 Å². The van der Waals surface area contributed by atoms with E-state index in [1.807, 2.05) is 20.8 Å². The molecule has 0 amide bonds. The second-order valence-corrected chi connectivity index (χ2v) is 18.0. The van der Waals surface area contributed by atoms with Gasteiger partial charge in [-0.05, 0) is 40.8 Å². The van der Waals surface area contributed by atoms with Crippen LogP contribution in [-0.4, -0.2) is 63.6 Å². The third-order valence-corrected chi connectivity index (χ3v) is 14.3. The van der Waals surface area contributed by atoms with Gasteiger partial charge in [0.15, 0.2) is 0 Å². The van der Waals surface area contributed by atoms with Crippen molar-refractivity contribution in [2.24, 2.45) is 5.73 Å². The van der Waals surface area contributed by atoms with E-state index in [1.165, 1.54) is 0 Å². The third-order valence-electron chi connectivity index (χ3n) is 3.61. The molecule has 0 unspecified atom stereocenters. The Balaban J connectivity index is 0. The molecule has 23 heavy (non-hydrogen) atoms. The van der Waals surface area contributed by atoms with Gasteiger partial charge in [-0.25, -0.2) is 0 Å². The van der Waals surface area contributed by atoms with E-state index in [2.05, 4.69) is 44.0 Å². The lowest BCUT2D eigenvalue weighted by atomic mass is 10.5. The van der Waals surface area contributed by atoms with Crippen molar-refractivity contribution in [3.8, 4) is 0 Å². The Kier molecular flexibility index (Phi) is 15.3. The van der Waals surface area contributed by atoms with Crippen LogP contribution in [0.5, 0.6) is 0 Å². The van der Waals surface area contributed by atoms with Gasteiger partial charge in [-0.2, -0.15) is 0 Å². The molecule has 0 fully saturated rings. The monoisotopic (exact) mass is 382 g/mol. The van der Waals surface area contributed by atoms with Crippen LogP contribution in [0.4, 0.5) is 0 Å². The Morgan fingerprint density at radius 3 is 1.48 bits per heavy atom. The quantitative estimate of drug-likeness (QED) is 0.556. The maximum atomic E-state index is 5.65. The van der Waals surface area contributed by atoms with Crippen molar-refractivity contribution in [2.75, 3.05) is 33.4 Å². The Hall–Kier alpha value is 0.451. The summed E-state index contributed by atoms with van der Waals surface area (Å²) in [6.07, 6.45) is 0.895. The van der Waals surface area contributed by atoms with Crippen molar-refractivity contribution in [3.05, 3.63) is 0 Å². The van der Waals surface area contributed by atoms with Gasteiger partial charge in [0, 0.05) is 25.9 Å².